The number of rotatable bonds is 7. The van der Waals surface area contributed by atoms with E-state index in [2.05, 4.69) is 10.2 Å². The molecule has 0 radical (unpaired) electrons. The smallest absolute Gasteiger partial charge is 0.277 e. The van der Waals surface area contributed by atoms with E-state index < -0.39 is 0 Å². The van der Waals surface area contributed by atoms with E-state index in [1.165, 1.54) is 17.8 Å². The number of piperazine rings is 1. The van der Waals surface area contributed by atoms with Crippen LogP contribution in [-0.4, -0.2) is 60.0 Å². The standard InChI is InChI=1S/C22H23FN4O3S/c1-29-17-8-6-16(7-9-17)14-20-24-25-22(30-20)31-15-21(28)27-12-10-26(11-13-27)19-5-3-2-4-18(19)23/h2-9H,10-15H2,1H3. The summed E-state index contributed by atoms with van der Waals surface area (Å²) in [6.45, 7) is 2.31. The van der Waals surface area contributed by atoms with Crippen molar-refractivity contribution in [3.05, 3.63) is 65.8 Å². The van der Waals surface area contributed by atoms with Crippen molar-refractivity contribution in [1.82, 2.24) is 15.1 Å². The molecule has 31 heavy (non-hydrogen) atoms. The van der Waals surface area contributed by atoms with E-state index in [-0.39, 0.29) is 17.5 Å². The highest BCUT2D eigenvalue weighted by molar-refractivity contribution is 7.99. The van der Waals surface area contributed by atoms with Gasteiger partial charge >= 0.3 is 0 Å². The lowest BCUT2D eigenvalue weighted by atomic mass is 10.1. The topological polar surface area (TPSA) is 71.7 Å². The minimum Gasteiger partial charge on any atom is -0.497 e. The predicted octanol–water partition coefficient (Wildman–Crippen LogP) is 3.25. The molecule has 1 amide bonds. The molecule has 0 atom stereocenters. The Morgan fingerprint density at radius 3 is 2.55 bits per heavy atom. The van der Waals surface area contributed by atoms with Crippen LogP contribution in [0.25, 0.3) is 0 Å². The van der Waals surface area contributed by atoms with Gasteiger partial charge in [-0.3, -0.25) is 4.79 Å². The third-order valence-electron chi connectivity index (χ3n) is 5.11. The molecule has 0 spiro atoms. The van der Waals surface area contributed by atoms with Crippen LogP contribution in [0.2, 0.25) is 0 Å². The van der Waals surface area contributed by atoms with Gasteiger partial charge < -0.3 is 19.0 Å². The Hall–Kier alpha value is -3.07. The summed E-state index contributed by atoms with van der Waals surface area (Å²) < 4.78 is 24.8. The van der Waals surface area contributed by atoms with Gasteiger partial charge in [-0.15, -0.1) is 10.2 Å². The van der Waals surface area contributed by atoms with E-state index in [0.717, 1.165) is 11.3 Å². The van der Waals surface area contributed by atoms with Gasteiger partial charge in [-0.05, 0) is 29.8 Å². The molecule has 0 bridgehead atoms. The normalized spacial score (nSPS) is 14.0. The summed E-state index contributed by atoms with van der Waals surface area (Å²) in [6.07, 6.45) is 0.517. The highest BCUT2D eigenvalue weighted by Crippen LogP contribution is 2.22. The Morgan fingerprint density at radius 1 is 1.10 bits per heavy atom. The van der Waals surface area contributed by atoms with Gasteiger partial charge in [0.2, 0.25) is 11.8 Å². The molecule has 7 nitrogen and oxygen atoms in total. The van der Waals surface area contributed by atoms with E-state index in [4.69, 9.17) is 9.15 Å². The van der Waals surface area contributed by atoms with E-state index in [1.807, 2.05) is 35.2 Å². The molecule has 1 fully saturated rings. The lowest BCUT2D eigenvalue weighted by Gasteiger charge is -2.36. The molecule has 1 aromatic heterocycles. The third-order valence-corrected chi connectivity index (χ3v) is 5.91. The van der Waals surface area contributed by atoms with Crippen LogP contribution in [0.15, 0.2) is 58.2 Å². The summed E-state index contributed by atoms with van der Waals surface area (Å²) in [7, 11) is 1.63. The first-order valence-electron chi connectivity index (χ1n) is 9.98. The molecule has 162 valence electrons. The van der Waals surface area contributed by atoms with Crippen molar-refractivity contribution in [2.45, 2.75) is 11.6 Å². The molecule has 9 heteroatoms. The number of hydrogen-bond donors (Lipinski definition) is 0. The number of carbonyl (C=O) groups is 1. The van der Waals surface area contributed by atoms with Crippen LogP contribution in [0, 0.1) is 5.82 Å². The zero-order valence-electron chi connectivity index (χ0n) is 17.2. The second kappa shape index (κ2) is 9.82. The molecule has 1 saturated heterocycles. The number of anilines is 1. The maximum atomic E-state index is 14.0. The number of benzene rings is 2. The summed E-state index contributed by atoms with van der Waals surface area (Å²) in [5, 5.41) is 8.46. The van der Waals surface area contributed by atoms with Crippen molar-refractivity contribution < 1.29 is 18.3 Å². The average molecular weight is 443 g/mol. The highest BCUT2D eigenvalue weighted by atomic mass is 32.2. The largest absolute Gasteiger partial charge is 0.497 e. The monoisotopic (exact) mass is 442 g/mol. The molecule has 1 aliphatic heterocycles. The molecule has 2 aromatic carbocycles. The lowest BCUT2D eigenvalue weighted by molar-refractivity contribution is -0.128. The Balaban J connectivity index is 1.24. The quantitative estimate of drug-likeness (QED) is 0.520. The predicted molar refractivity (Wildman–Crippen MR) is 116 cm³/mol. The number of thioether (sulfide) groups is 1. The molecular formula is C22H23FN4O3S. The van der Waals surface area contributed by atoms with E-state index >= 15 is 0 Å². The number of carbonyl (C=O) groups excluding carboxylic acids is 1. The van der Waals surface area contributed by atoms with Gasteiger partial charge in [-0.1, -0.05) is 36.0 Å². The van der Waals surface area contributed by atoms with Gasteiger partial charge in [-0.25, -0.2) is 4.39 Å². The first-order chi connectivity index (χ1) is 15.1. The van der Waals surface area contributed by atoms with Crippen molar-refractivity contribution in [3.63, 3.8) is 0 Å². The van der Waals surface area contributed by atoms with Crippen LogP contribution in [0.4, 0.5) is 10.1 Å². The molecule has 2 heterocycles. The Morgan fingerprint density at radius 2 is 1.84 bits per heavy atom. The lowest BCUT2D eigenvalue weighted by Crippen LogP contribution is -2.49. The molecule has 0 saturated carbocycles. The van der Waals surface area contributed by atoms with Gasteiger partial charge in [-0.2, -0.15) is 0 Å². The van der Waals surface area contributed by atoms with Crippen LogP contribution < -0.4 is 9.64 Å². The summed E-state index contributed by atoms with van der Waals surface area (Å²) in [5.74, 6) is 1.29. The summed E-state index contributed by atoms with van der Waals surface area (Å²) in [5.41, 5.74) is 1.61. The minimum atomic E-state index is -0.236. The number of para-hydroxylation sites is 1. The molecule has 4 rings (SSSR count). The second-order valence-electron chi connectivity index (χ2n) is 7.09. The summed E-state index contributed by atoms with van der Waals surface area (Å²) >= 11 is 1.23. The van der Waals surface area contributed by atoms with Gasteiger partial charge in [0.15, 0.2) is 0 Å². The molecule has 3 aromatic rings. The Bertz CT molecular complexity index is 1020. The number of amides is 1. The maximum Gasteiger partial charge on any atom is 0.277 e. The van der Waals surface area contributed by atoms with Gasteiger partial charge in [0, 0.05) is 26.2 Å². The number of halogens is 1. The van der Waals surface area contributed by atoms with E-state index in [0.29, 0.717) is 49.4 Å². The fourth-order valence-corrected chi connectivity index (χ4v) is 4.09. The highest BCUT2D eigenvalue weighted by Gasteiger charge is 2.23. The number of hydrogen-bond acceptors (Lipinski definition) is 7. The van der Waals surface area contributed by atoms with Crippen molar-refractivity contribution in [2.75, 3.05) is 43.9 Å². The third kappa shape index (κ3) is 5.35. The van der Waals surface area contributed by atoms with Gasteiger partial charge in [0.1, 0.15) is 11.6 Å². The number of ether oxygens (including phenoxy) is 1. The zero-order chi connectivity index (χ0) is 21.6. The van der Waals surface area contributed by atoms with Crippen molar-refractivity contribution in [2.24, 2.45) is 0 Å². The van der Waals surface area contributed by atoms with Crippen molar-refractivity contribution in [1.29, 1.82) is 0 Å². The SMILES string of the molecule is COc1ccc(Cc2nnc(SCC(=O)N3CCN(c4ccccc4F)CC3)o2)cc1. The minimum absolute atomic E-state index is 0.00749. The van der Waals surface area contributed by atoms with Crippen LogP contribution in [0.5, 0.6) is 5.75 Å². The molecular weight excluding hydrogens is 419 g/mol. The molecule has 0 unspecified atom stereocenters. The Labute approximate surface area is 184 Å². The summed E-state index contributed by atoms with van der Waals surface area (Å²) in [6, 6.07) is 14.4. The molecule has 1 aliphatic rings. The van der Waals surface area contributed by atoms with Gasteiger partial charge in [0.25, 0.3) is 5.22 Å². The fraction of sp³-hybridized carbons (Fsp3) is 0.318. The zero-order valence-corrected chi connectivity index (χ0v) is 18.0. The number of methoxy groups -OCH3 is 1. The van der Waals surface area contributed by atoms with Crippen molar-refractivity contribution in [3.8, 4) is 5.75 Å². The Kier molecular flexibility index (Phi) is 6.71. The van der Waals surface area contributed by atoms with Crippen molar-refractivity contribution >= 4 is 23.4 Å². The molecule has 0 N–H and O–H groups in total. The fourth-order valence-electron chi connectivity index (χ4n) is 3.41. The first-order valence-corrected chi connectivity index (χ1v) is 11.0. The number of nitrogens with zero attached hydrogens (tertiary/aromatic N) is 4. The summed E-state index contributed by atoms with van der Waals surface area (Å²) in [4.78, 5) is 16.3. The maximum absolute atomic E-state index is 14.0. The van der Waals surface area contributed by atoms with E-state index in [9.17, 15) is 9.18 Å². The van der Waals surface area contributed by atoms with Crippen LogP contribution >= 0.6 is 11.8 Å². The van der Waals surface area contributed by atoms with Crippen LogP contribution in [0.1, 0.15) is 11.5 Å². The van der Waals surface area contributed by atoms with E-state index in [1.54, 1.807) is 24.1 Å². The van der Waals surface area contributed by atoms with Crippen LogP contribution in [-0.2, 0) is 11.2 Å². The van der Waals surface area contributed by atoms with Gasteiger partial charge in [0.05, 0.1) is 25.0 Å². The first kappa shape index (κ1) is 21.2. The van der Waals surface area contributed by atoms with Crippen LogP contribution in [0.3, 0.4) is 0 Å². The number of aromatic nitrogens is 2. The average Bonchev–Trinajstić information content (AvgIpc) is 3.26. The second-order valence-corrected chi connectivity index (χ2v) is 8.02. The molecule has 0 aliphatic carbocycles.